The fourth-order valence-electron chi connectivity index (χ4n) is 3.64. The molecule has 1 amide bonds. The summed E-state index contributed by atoms with van der Waals surface area (Å²) in [4.78, 5) is 35.4. The van der Waals surface area contributed by atoms with Gasteiger partial charge in [-0.3, -0.25) is 9.59 Å². The number of rotatable bonds is 3. The number of H-pyrrole nitrogens is 1. The zero-order valence-electron chi connectivity index (χ0n) is 16.2. The van der Waals surface area contributed by atoms with E-state index in [0.717, 1.165) is 25.7 Å². The summed E-state index contributed by atoms with van der Waals surface area (Å²) in [6, 6.07) is 0.0230. The Kier molecular flexibility index (Phi) is 5.08. The molecule has 0 unspecified atom stereocenters. The number of aromatic amines is 1. The summed E-state index contributed by atoms with van der Waals surface area (Å²) >= 11 is 0. The Balaban J connectivity index is 1.75. The van der Waals surface area contributed by atoms with Gasteiger partial charge in [0.15, 0.2) is 11.5 Å². The molecule has 3 rings (SSSR count). The second kappa shape index (κ2) is 7.17. The smallest absolute Gasteiger partial charge is 0.294 e. The van der Waals surface area contributed by atoms with E-state index in [2.05, 4.69) is 41.0 Å². The number of aromatic hydroxyl groups is 1. The molecule has 0 bridgehead atoms. The summed E-state index contributed by atoms with van der Waals surface area (Å²) in [6.07, 6.45) is 7.08. The first-order valence-electron chi connectivity index (χ1n) is 9.27. The Hall–Kier alpha value is -2.64. The van der Waals surface area contributed by atoms with Gasteiger partial charge >= 0.3 is 0 Å². The van der Waals surface area contributed by atoms with Crippen LogP contribution in [0.25, 0.3) is 11.5 Å². The molecular weight excluding hydrogens is 346 g/mol. The Morgan fingerprint density at radius 2 is 1.96 bits per heavy atom. The summed E-state index contributed by atoms with van der Waals surface area (Å²) in [6.45, 7) is 6.73. The van der Waals surface area contributed by atoms with Crippen LogP contribution in [0.3, 0.4) is 0 Å². The minimum Gasteiger partial charge on any atom is -0.501 e. The lowest BCUT2D eigenvalue weighted by molar-refractivity contribution is 0.0895. The van der Waals surface area contributed by atoms with Gasteiger partial charge in [-0.1, -0.05) is 20.8 Å². The average Bonchev–Trinajstić information content (AvgIpc) is 3.03. The first kappa shape index (κ1) is 19.1. The predicted octanol–water partition coefficient (Wildman–Crippen LogP) is 2.21. The molecule has 27 heavy (non-hydrogen) atoms. The van der Waals surface area contributed by atoms with Crippen LogP contribution in [0, 0.1) is 11.3 Å². The van der Waals surface area contributed by atoms with E-state index in [9.17, 15) is 14.7 Å². The van der Waals surface area contributed by atoms with Gasteiger partial charge in [-0.15, -0.1) is 0 Å². The third kappa shape index (κ3) is 4.20. The normalized spacial score (nSPS) is 20.4. The number of nitrogens with one attached hydrogen (secondary N) is 2. The molecule has 0 radical (unpaired) electrons. The highest BCUT2D eigenvalue weighted by Gasteiger charge is 2.31. The molecule has 2 heterocycles. The fraction of sp³-hybridized carbons (Fsp3) is 0.579. The van der Waals surface area contributed by atoms with E-state index in [4.69, 9.17) is 0 Å². The van der Waals surface area contributed by atoms with Crippen LogP contribution in [0.1, 0.15) is 56.9 Å². The molecule has 2 aromatic heterocycles. The van der Waals surface area contributed by atoms with Gasteiger partial charge in [0, 0.05) is 19.3 Å². The van der Waals surface area contributed by atoms with Gasteiger partial charge in [0.05, 0.1) is 6.33 Å². The van der Waals surface area contributed by atoms with Crippen molar-refractivity contribution in [3.8, 4) is 17.3 Å². The highest BCUT2D eigenvalue weighted by molar-refractivity contribution is 5.95. The molecule has 1 aliphatic carbocycles. The molecule has 0 aliphatic heterocycles. The van der Waals surface area contributed by atoms with Gasteiger partial charge in [0.2, 0.25) is 5.75 Å². The second-order valence-electron chi connectivity index (χ2n) is 8.42. The van der Waals surface area contributed by atoms with Gasteiger partial charge < -0.3 is 20.0 Å². The Labute approximate surface area is 158 Å². The lowest BCUT2D eigenvalue weighted by Gasteiger charge is -2.37. The maximum atomic E-state index is 12.6. The van der Waals surface area contributed by atoms with Gasteiger partial charge in [-0.2, -0.15) is 0 Å². The van der Waals surface area contributed by atoms with E-state index in [-0.39, 0.29) is 23.0 Å². The molecule has 0 atom stereocenters. The standard InChI is InChI=1S/C19H27N5O3/c1-19(2,3)11-5-7-12(8-6-11)21-17(26)14-15(25)18(27)23-16(22-14)13-9-24(4)10-20-13/h9-12,25H,5-8H2,1-4H3,(H,21,26)(H,22,23,27). The Morgan fingerprint density at radius 3 is 2.52 bits per heavy atom. The van der Waals surface area contributed by atoms with E-state index in [0.29, 0.717) is 11.6 Å². The molecule has 1 fully saturated rings. The zero-order chi connectivity index (χ0) is 19.8. The van der Waals surface area contributed by atoms with Crippen molar-refractivity contribution in [2.24, 2.45) is 18.4 Å². The molecule has 1 aliphatic rings. The Bertz CT molecular complexity index is 885. The van der Waals surface area contributed by atoms with E-state index in [1.54, 1.807) is 24.1 Å². The summed E-state index contributed by atoms with van der Waals surface area (Å²) in [5.41, 5.74) is -0.335. The van der Waals surface area contributed by atoms with Gasteiger partial charge in [0.25, 0.3) is 11.5 Å². The van der Waals surface area contributed by atoms with Crippen LogP contribution in [0.5, 0.6) is 5.75 Å². The SMILES string of the molecule is Cn1cnc(-c2nc(C(=O)NC3CCC(C(C)(C)C)CC3)c(O)c(=O)[nH]2)c1. The number of carbonyl (C=O) groups is 1. The van der Waals surface area contributed by atoms with Crippen molar-refractivity contribution >= 4 is 5.91 Å². The van der Waals surface area contributed by atoms with Gasteiger partial charge in [0.1, 0.15) is 5.69 Å². The number of imidazole rings is 1. The number of hydrogen-bond donors (Lipinski definition) is 3. The lowest BCUT2D eigenvalue weighted by atomic mass is 9.71. The molecule has 8 heteroatoms. The third-order valence-corrected chi connectivity index (χ3v) is 5.34. The maximum Gasteiger partial charge on any atom is 0.294 e. The molecular formula is C19H27N5O3. The molecule has 0 spiro atoms. The quantitative estimate of drug-likeness (QED) is 0.763. The minimum atomic E-state index is -0.757. The number of carbonyl (C=O) groups excluding carboxylic acids is 1. The molecule has 146 valence electrons. The molecule has 0 aromatic carbocycles. The van der Waals surface area contributed by atoms with E-state index in [1.807, 2.05) is 0 Å². The maximum absolute atomic E-state index is 12.6. The van der Waals surface area contributed by atoms with Crippen molar-refractivity contribution in [1.82, 2.24) is 24.8 Å². The Morgan fingerprint density at radius 1 is 1.30 bits per heavy atom. The van der Waals surface area contributed by atoms with Crippen LogP contribution in [0.2, 0.25) is 0 Å². The van der Waals surface area contributed by atoms with Crippen molar-refractivity contribution in [2.45, 2.75) is 52.5 Å². The van der Waals surface area contributed by atoms with Gasteiger partial charge in [-0.25, -0.2) is 9.97 Å². The van der Waals surface area contributed by atoms with Crippen LogP contribution in [0.15, 0.2) is 17.3 Å². The van der Waals surface area contributed by atoms with Crippen molar-refractivity contribution in [3.05, 3.63) is 28.6 Å². The molecule has 0 saturated heterocycles. The van der Waals surface area contributed by atoms with Crippen LogP contribution in [-0.4, -0.2) is 36.6 Å². The predicted molar refractivity (Wildman–Crippen MR) is 101 cm³/mol. The number of hydrogen-bond acceptors (Lipinski definition) is 5. The molecule has 8 nitrogen and oxygen atoms in total. The number of nitrogens with zero attached hydrogens (tertiary/aromatic N) is 3. The zero-order valence-corrected chi connectivity index (χ0v) is 16.2. The molecule has 3 N–H and O–H groups in total. The number of aromatic nitrogens is 4. The highest BCUT2D eigenvalue weighted by atomic mass is 16.3. The van der Waals surface area contributed by atoms with E-state index >= 15 is 0 Å². The van der Waals surface area contributed by atoms with Crippen molar-refractivity contribution < 1.29 is 9.90 Å². The van der Waals surface area contributed by atoms with Gasteiger partial charge in [-0.05, 0) is 37.0 Å². The minimum absolute atomic E-state index is 0.0230. The highest BCUT2D eigenvalue weighted by Crippen LogP contribution is 2.37. The number of amides is 1. The summed E-state index contributed by atoms with van der Waals surface area (Å²) in [5.74, 6) is -0.418. The largest absolute Gasteiger partial charge is 0.501 e. The van der Waals surface area contributed by atoms with Crippen molar-refractivity contribution in [3.63, 3.8) is 0 Å². The molecule has 2 aromatic rings. The van der Waals surface area contributed by atoms with Crippen LogP contribution >= 0.6 is 0 Å². The third-order valence-electron chi connectivity index (χ3n) is 5.34. The summed E-state index contributed by atoms with van der Waals surface area (Å²) in [5, 5.41) is 12.9. The number of aryl methyl sites for hydroxylation is 1. The van der Waals surface area contributed by atoms with Crippen molar-refractivity contribution in [2.75, 3.05) is 0 Å². The fourth-order valence-corrected chi connectivity index (χ4v) is 3.64. The van der Waals surface area contributed by atoms with Crippen LogP contribution in [-0.2, 0) is 7.05 Å². The second-order valence-corrected chi connectivity index (χ2v) is 8.42. The monoisotopic (exact) mass is 373 g/mol. The average molecular weight is 373 g/mol. The van der Waals surface area contributed by atoms with Crippen molar-refractivity contribution in [1.29, 1.82) is 0 Å². The van der Waals surface area contributed by atoms with E-state index < -0.39 is 17.2 Å². The van der Waals surface area contributed by atoms with Crippen LogP contribution < -0.4 is 10.9 Å². The first-order valence-corrected chi connectivity index (χ1v) is 9.27. The lowest BCUT2D eigenvalue weighted by Crippen LogP contribution is -2.40. The molecule has 1 saturated carbocycles. The van der Waals surface area contributed by atoms with E-state index in [1.165, 1.54) is 0 Å². The summed E-state index contributed by atoms with van der Waals surface area (Å²) < 4.78 is 1.70. The first-order chi connectivity index (χ1) is 12.6. The van der Waals surface area contributed by atoms with Crippen LogP contribution in [0.4, 0.5) is 0 Å². The summed E-state index contributed by atoms with van der Waals surface area (Å²) in [7, 11) is 1.79. The topological polar surface area (TPSA) is 113 Å².